The molecule has 2 aromatic rings. The van der Waals surface area contributed by atoms with E-state index in [0.717, 1.165) is 22.6 Å². The van der Waals surface area contributed by atoms with Crippen LogP contribution in [0, 0.1) is 6.92 Å². The Bertz CT molecular complexity index is 720. The van der Waals surface area contributed by atoms with E-state index in [1.165, 1.54) is 22.5 Å². The highest BCUT2D eigenvalue weighted by Gasteiger charge is 2.23. The van der Waals surface area contributed by atoms with E-state index in [1.807, 2.05) is 6.92 Å². The van der Waals surface area contributed by atoms with Crippen LogP contribution in [0.2, 0.25) is 5.02 Å². The fourth-order valence-electron chi connectivity index (χ4n) is 2.78. The molecule has 5 heteroatoms. The largest absolute Gasteiger partial charge is 0.394 e. The van der Waals surface area contributed by atoms with Crippen molar-refractivity contribution in [2.24, 2.45) is 5.73 Å². The Morgan fingerprint density at radius 2 is 1.96 bits per heavy atom. The zero-order valence-corrected chi connectivity index (χ0v) is 17.1. The molecule has 2 rings (SSSR count). The number of hydrogen-bond donors (Lipinski definition) is 2. The monoisotopic (exact) mass is 393 g/mol. The van der Waals surface area contributed by atoms with E-state index in [0.29, 0.717) is 30.7 Å². The summed E-state index contributed by atoms with van der Waals surface area (Å²) in [5, 5.41) is 10.1. The van der Waals surface area contributed by atoms with Crippen molar-refractivity contribution < 1.29 is 9.90 Å². The Morgan fingerprint density at radius 3 is 2.58 bits per heavy atom. The van der Waals surface area contributed by atoms with E-state index in [2.05, 4.69) is 31.2 Å². The summed E-state index contributed by atoms with van der Waals surface area (Å²) in [4.78, 5) is 14.2. The van der Waals surface area contributed by atoms with E-state index in [1.54, 1.807) is 6.07 Å². The number of nitrogens with two attached hydrogens (primary N) is 1. The number of Topliss-reactive ketones (excluding diaryl/α,β-unsaturated/α-hetero) is 1. The molecule has 0 spiro atoms. The zero-order valence-electron chi connectivity index (χ0n) is 15.6. The predicted molar refractivity (Wildman–Crippen MR) is 110 cm³/mol. The van der Waals surface area contributed by atoms with Gasteiger partial charge in [-0.25, -0.2) is 0 Å². The number of halogens is 1. The summed E-state index contributed by atoms with van der Waals surface area (Å²) in [5.41, 5.74) is 8.07. The lowest BCUT2D eigenvalue weighted by Gasteiger charge is -2.25. The van der Waals surface area contributed by atoms with Crippen LogP contribution in [0.15, 0.2) is 30.3 Å². The second-order valence-corrected chi connectivity index (χ2v) is 8.56. The number of benzene rings is 1. The average Bonchev–Trinajstić information content (AvgIpc) is 3.02. The van der Waals surface area contributed by atoms with Gasteiger partial charge in [-0.2, -0.15) is 0 Å². The molecule has 1 aromatic heterocycles. The fraction of sp³-hybridized carbons (Fsp3) is 0.476. The van der Waals surface area contributed by atoms with Crippen LogP contribution in [-0.2, 0) is 12.8 Å². The molecule has 0 bridgehead atoms. The van der Waals surface area contributed by atoms with Crippen LogP contribution < -0.4 is 5.73 Å². The van der Waals surface area contributed by atoms with Crippen LogP contribution in [0.4, 0.5) is 0 Å². The van der Waals surface area contributed by atoms with Crippen molar-refractivity contribution in [3.63, 3.8) is 0 Å². The normalized spacial score (nSPS) is 13.6. The summed E-state index contributed by atoms with van der Waals surface area (Å²) in [6.07, 6.45) is 4.31. The third kappa shape index (κ3) is 5.92. The van der Waals surface area contributed by atoms with Gasteiger partial charge in [-0.15, -0.1) is 11.3 Å². The van der Waals surface area contributed by atoms with Gasteiger partial charge < -0.3 is 10.8 Å². The molecule has 0 aliphatic rings. The van der Waals surface area contributed by atoms with Crippen LogP contribution in [0.3, 0.4) is 0 Å². The second kappa shape index (κ2) is 9.65. The van der Waals surface area contributed by atoms with E-state index in [9.17, 15) is 9.90 Å². The molecular weight excluding hydrogens is 366 g/mol. The average molecular weight is 394 g/mol. The fourth-order valence-corrected chi connectivity index (χ4v) is 4.18. The van der Waals surface area contributed by atoms with Crippen molar-refractivity contribution in [2.75, 3.05) is 6.61 Å². The Labute approximate surface area is 165 Å². The van der Waals surface area contributed by atoms with Gasteiger partial charge in [-0.1, -0.05) is 48.4 Å². The summed E-state index contributed by atoms with van der Waals surface area (Å²) < 4.78 is 0. The first-order valence-electron chi connectivity index (χ1n) is 9.13. The first kappa shape index (κ1) is 21.1. The molecule has 26 heavy (non-hydrogen) atoms. The molecule has 0 saturated carbocycles. The summed E-state index contributed by atoms with van der Waals surface area (Å²) in [6, 6.07) is 10.2. The number of carbonyl (C=O) groups is 1. The molecule has 0 aliphatic heterocycles. The van der Waals surface area contributed by atoms with Crippen molar-refractivity contribution in [1.82, 2.24) is 0 Å². The lowest BCUT2D eigenvalue weighted by molar-refractivity contribution is 0.0984. The third-order valence-electron chi connectivity index (χ3n) is 4.89. The van der Waals surface area contributed by atoms with Gasteiger partial charge in [0.1, 0.15) is 0 Å². The summed E-state index contributed by atoms with van der Waals surface area (Å²) in [5.74, 6) is 0.145. The lowest BCUT2D eigenvalue weighted by atomic mass is 9.92. The SMILES string of the molecule is CC[C@](N)(CO)CCc1sc(C(=O)CCCc2ccc(C)cc2)cc1Cl. The maximum atomic E-state index is 12.5. The first-order chi connectivity index (χ1) is 12.4. The molecule has 1 atom stereocenters. The topological polar surface area (TPSA) is 63.3 Å². The molecule has 3 nitrogen and oxygen atoms in total. The highest BCUT2D eigenvalue weighted by molar-refractivity contribution is 7.14. The van der Waals surface area contributed by atoms with Crippen LogP contribution in [0.1, 0.15) is 58.3 Å². The molecular formula is C21H28ClNO2S. The molecule has 0 radical (unpaired) electrons. The molecule has 0 aliphatic carbocycles. The molecule has 0 saturated heterocycles. The molecule has 0 amide bonds. The van der Waals surface area contributed by atoms with Gasteiger partial charge in [-0.3, -0.25) is 4.79 Å². The molecule has 142 valence electrons. The van der Waals surface area contributed by atoms with E-state index in [-0.39, 0.29) is 12.4 Å². The van der Waals surface area contributed by atoms with Gasteiger partial charge in [0.2, 0.25) is 0 Å². The molecule has 1 heterocycles. The summed E-state index contributed by atoms with van der Waals surface area (Å²) in [7, 11) is 0. The highest BCUT2D eigenvalue weighted by Crippen LogP contribution is 2.31. The minimum absolute atomic E-state index is 0.0444. The van der Waals surface area contributed by atoms with Gasteiger partial charge in [0, 0.05) is 16.8 Å². The Hall–Kier alpha value is -1.20. The van der Waals surface area contributed by atoms with Gasteiger partial charge in [0.15, 0.2) is 5.78 Å². The van der Waals surface area contributed by atoms with Gasteiger partial charge in [-0.05, 0) is 50.7 Å². The molecule has 3 N–H and O–H groups in total. The summed E-state index contributed by atoms with van der Waals surface area (Å²) >= 11 is 7.76. The summed E-state index contributed by atoms with van der Waals surface area (Å²) in [6.45, 7) is 3.99. The maximum Gasteiger partial charge on any atom is 0.172 e. The standard InChI is InChI=1S/C21H28ClNO2S/c1-3-21(23,14-24)12-11-19-17(22)13-20(26-19)18(25)6-4-5-16-9-7-15(2)8-10-16/h7-10,13,24H,3-6,11-12,14,23H2,1-2H3/t21-/m1/s1. The number of aliphatic hydroxyl groups excluding tert-OH is 1. The number of thiophene rings is 1. The van der Waals surface area contributed by atoms with Gasteiger partial charge in [0.05, 0.1) is 16.5 Å². The predicted octanol–water partition coefficient (Wildman–Crippen LogP) is 4.95. The Morgan fingerprint density at radius 1 is 1.27 bits per heavy atom. The van der Waals surface area contributed by atoms with Gasteiger partial charge in [0.25, 0.3) is 0 Å². The maximum absolute atomic E-state index is 12.5. The quantitative estimate of drug-likeness (QED) is 0.561. The molecule has 0 fully saturated rings. The minimum atomic E-state index is -0.578. The number of ketones is 1. The number of carbonyl (C=O) groups excluding carboxylic acids is 1. The van der Waals surface area contributed by atoms with Crippen LogP contribution in [0.25, 0.3) is 0 Å². The molecule has 1 aromatic carbocycles. The van der Waals surface area contributed by atoms with E-state index < -0.39 is 5.54 Å². The van der Waals surface area contributed by atoms with Crippen LogP contribution >= 0.6 is 22.9 Å². The van der Waals surface area contributed by atoms with Crippen molar-refractivity contribution in [2.45, 2.75) is 57.9 Å². The number of rotatable bonds is 10. The zero-order chi connectivity index (χ0) is 19.2. The van der Waals surface area contributed by atoms with Crippen molar-refractivity contribution >= 4 is 28.7 Å². The van der Waals surface area contributed by atoms with Crippen LogP contribution in [-0.4, -0.2) is 23.0 Å². The smallest absolute Gasteiger partial charge is 0.172 e. The van der Waals surface area contributed by atoms with Crippen molar-refractivity contribution in [1.29, 1.82) is 0 Å². The van der Waals surface area contributed by atoms with Crippen molar-refractivity contribution in [3.05, 3.63) is 56.2 Å². The van der Waals surface area contributed by atoms with E-state index >= 15 is 0 Å². The minimum Gasteiger partial charge on any atom is -0.394 e. The number of aliphatic hydroxyl groups is 1. The lowest BCUT2D eigenvalue weighted by Crippen LogP contribution is -2.43. The second-order valence-electron chi connectivity index (χ2n) is 7.02. The third-order valence-corrected chi connectivity index (χ3v) is 6.58. The van der Waals surface area contributed by atoms with Gasteiger partial charge >= 0.3 is 0 Å². The molecule has 0 unspecified atom stereocenters. The first-order valence-corrected chi connectivity index (χ1v) is 10.3. The van der Waals surface area contributed by atoms with Crippen LogP contribution in [0.5, 0.6) is 0 Å². The Balaban J connectivity index is 1.88. The number of aryl methyl sites for hydroxylation is 3. The Kier molecular flexibility index (Phi) is 7.84. The highest BCUT2D eigenvalue weighted by atomic mass is 35.5. The van der Waals surface area contributed by atoms with Crippen molar-refractivity contribution in [3.8, 4) is 0 Å². The number of hydrogen-bond acceptors (Lipinski definition) is 4. The van der Waals surface area contributed by atoms with E-state index in [4.69, 9.17) is 17.3 Å².